The molecule has 98 valence electrons. The van der Waals surface area contributed by atoms with Gasteiger partial charge in [0, 0.05) is 12.1 Å². The largest absolute Gasteiger partial charge is 0.352 e. The van der Waals surface area contributed by atoms with Crippen LogP contribution in [0.4, 0.5) is 4.39 Å². The van der Waals surface area contributed by atoms with E-state index in [-0.39, 0.29) is 11.7 Å². The van der Waals surface area contributed by atoms with Gasteiger partial charge in [-0.05, 0) is 66.0 Å². The van der Waals surface area contributed by atoms with E-state index in [1.165, 1.54) is 18.2 Å². The molecule has 2 N–H and O–H groups in total. The van der Waals surface area contributed by atoms with Gasteiger partial charge in [-0.2, -0.15) is 0 Å². The van der Waals surface area contributed by atoms with Crippen molar-refractivity contribution in [1.82, 2.24) is 10.6 Å². The monoisotopic (exact) mass is 314 g/mol. The van der Waals surface area contributed by atoms with Crippen LogP contribution in [-0.2, 0) is 0 Å². The third-order valence-corrected chi connectivity index (χ3v) is 3.74. The predicted octanol–water partition coefficient (Wildman–Crippen LogP) is 2.32. The van der Waals surface area contributed by atoms with Crippen LogP contribution in [0.1, 0.15) is 23.2 Å². The Morgan fingerprint density at radius 2 is 2.39 bits per heavy atom. The Morgan fingerprint density at radius 1 is 1.56 bits per heavy atom. The molecule has 0 bridgehead atoms. The highest BCUT2D eigenvalue weighted by atomic mass is 79.9. The smallest absolute Gasteiger partial charge is 0.251 e. The zero-order valence-electron chi connectivity index (χ0n) is 10.0. The van der Waals surface area contributed by atoms with Gasteiger partial charge in [-0.3, -0.25) is 4.79 Å². The van der Waals surface area contributed by atoms with Gasteiger partial charge in [0.25, 0.3) is 5.91 Å². The fourth-order valence-corrected chi connectivity index (χ4v) is 2.45. The third kappa shape index (κ3) is 3.53. The molecule has 0 unspecified atom stereocenters. The maximum absolute atomic E-state index is 13.1. The number of hydrogen-bond acceptors (Lipinski definition) is 2. The van der Waals surface area contributed by atoms with Gasteiger partial charge in [0.15, 0.2) is 0 Å². The molecular weight excluding hydrogens is 299 g/mol. The van der Waals surface area contributed by atoms with Crippen molar-refractivity contribution in [3.63, 3.8) is 0 Å². The van der Waals surface area contributed by atoms with E-state index in [0.717, 1.165) is 25.9 Å². The van der Waals surface area contributed by atoms with Gasteiger partial charge >= 0.3 is 0 Å². The minimum atomic E-state index is -0.358. The van der Waals surface area contributed by atoms with Crippen LogP contribution in [-0.4, -0.2) is 25.5 Å². The van der Waals surface area contributed by atoms with E-state index in [9.17, 15) is 9.18 Å². The van der Waals surface area contributed by atoms with Crippen LogP contribution in [0.15, 0.2) is 22.7 Å². The van der Waals surface area contributed by atoms with Crippen molar-refractivity contribution >= 4 is 21.8 Å². The van der Waals surface area contributed by atoms with Gasteiger partial charge in [0.2, 0.25) is 0 Å². The minimum absolute atomic E-state index is 0.152. The van der Waals surface area contributed by atoms with Gasteiger partial charge < -0.3 is 10.6 Å². The molecule has 1 amide bonds. The van der Waals surface area contributed by atoms with E-state index in [0.29, 0.717) is 22.5 Å². The molecule has 0 aromatic heterocycles. The Balaban J connectivity index is 1.88. The van der Waals surface area contributed by atoms with Crippen molar-refractivity contribution in [1.29, 1.82) is 0 Å². The van der Waals surface area contributed by atoms with Gasteiger partial charge in [-0.15, -0.1) is 0 Å². The van der Waals surface area contributed by atoms with Crippen LogP contribution in [0.25, 0.3) is 0 Å². The molecule has 1 heterocycles. The number of piperidine rings is 1. The molecule has 0 saturated carbocycles. The minimum Gasteiger partial charge on any atom is -0.352 e. The summed E-state index contributed by atoms with van der Waals surface area (Å²) >= 11 is 3.08. The maximum Gasteiger partial charge on any atom is 0.251 e. The van der Waals surface area contributed by atoms with Crippen LogP contribution >= 0.6 is 15.9 Å². The first-order valence-corrected chi connectivity index (χ1v) is 6.90. The quantitative estimate of drug-likeness (QED) is 0.899. The lowest BCUT2D eigenvalue weighted by Gasteiger charge is -2.22. The van der Waals surface area contributed by atoms with Crippen molar-refractivity contribution in [3.05, 3.63) is 34.1 Å². The second kappa shape index (κ2) is 6.29. The molecule has 1 aliphatic rings. The zero-order chi connectivity index (χ0) is 13.0. The topological polar surface area (TPSA) is 41.1 Å². The average molecular weight is 315 g/mol. The molecule has 0 radical (unpaired) electrons. The van der Waals surface area contributed by atoms with Crippen LogP contribution in [0.2, 0.25) is 0 Å². The van der Waals surface area contributed by atoms with Crippen LogP contribution < -0.4 is 10.6 Å². The summed E-state index contributed by atoms with van der Waals surface area (Å²) < 4.78 is 13.4. The SMILES string of the molecule is O=C(NC[C@@H]1CCCNC1)c1ccc(F)c(Br)c1. The molecule has 3 nitrogen and oxygen atoms in total. The Kier molecular flexibility index (Phi) is 4.72. The third-order valence-electron chi connectivity index (χ3n) is 3.13. The van der Waals surface area contributed by atoms with Gasteiger partial charge in [-0.1, -0.05) is 0 Å². The molecule has 0 spiro atoms. The van der Waals surface area contributed by atoms with Crippen molar-refractivity contribution in [2.45, 2.75) is 12.8 Å². The van der Waals surface area contributed by atoms with E-state index < -0.39 is 0 Å². The number of hydrogen-bond donors (Lipinski definition) is 2. The molecule has 5 heteroatoms. The molecule has 1 aliphatic heterocycles. The lowest BCUT2D eigenvalue weighted by atomic mass is 10.00. The number of nitrogens with one attached hydrogen (secondary N) is 2. The molecular formula is C13H16BrFN2O. The van der Waals surface area contributed by atoms with Crippen LogP contribution in [0.5, 0.6) is 0 Å². The normalized spacial score (nSPS) is 19.6. The number of carbonyl (C=O) groups is 1. The fraction of sp³-hybridized carbons (Fsp3) is 0.462. The molecule has 1 fully saturated rings. The number of halogens is 2. The first-order chi connectivity index (χ1) is 8.66. The van der Waals surface area contributed by atoms with Crippen LogP contribution in [0.3, 0.4) is 0 Å². The van der Waals surface area contributed by atoms with Crippen molar-refractivity contribution < 1.29 is 9.18 Å². The van der Waals surface area contributed by atoms with E-state index in [4.69, 9.17) is 0 Å². The summed E-state index contributed by atoms with van der Waals surface area (Å²) in [6.07, 6.45) is 2.29. The van der Waals surface area contributed by atoms with Crippen LogP contribution in [0, 0.1) is 11.7 Å². The second-order valence-electron chi connectivity index (χ2n) is 4.55. The second-order valence-corrected chi connectivity index (χ2v) is 5.41. The van der Waals surface area contributed by atoms with Gasteiger partial charge in [-0.25, -0.2) is 4.39 Å². The summed E-state index contributed by atoms with van der Waals surface area (Å²) in [4.78, 5) is 11.9. The molecule has 2 rings (SSSR count). The Bertz CT molecular complexity index is 433. The van der Waals surface area contributed by atoms with Crippen molar-refractivity contribution in [3.8, 4) is 0 Å². The van der Waals surface area contributed by atoms with E-state index >= 15 is 0 Å². The molecule has 1 atom stereocenters. The van der Waals surface area contributed by atoms with Crippen molar-refractivity contribution in [2.24, 2.45) is 5.92 Å². The summed E-state index contributed by atoms with van der Waals surface area (Å²) in [6, 6.07) is 4.29. The zero-order valence-corrected chi connectivity index (χ0v) is 11.6. The fourth-order valence-electron chi connectivity index (χ4n) is 2.07. The average Bonchev–Trinajstić information content (AvgIpc) is 2.40. The number of carbonyl (C=O) groups excluding carboxylic acids is 1. The first-order valence-electron chi connectivity index (χ1n) is 6.11. The summed E-state index contributed by atoms with van der Waals surface area (Å²) in [7, 11) is 0. The molecule has 1 aromatic carbocycles. The highest BCUT2D eigenvalue weighted by Crippen LogP contribution is 2.17. The van der Waals surface area contributed by atoms with Gasteiger partial charge in [0.1, 0.15) is 5.82 Å². The number of amides is 1. The Labute approximate surface area is 114 Å². The lowest BCUT2D eigenvalue weighted by molar-refractivity contribution is 0.0944. The molecule has 1 saturated heterocycles. The number of rotatable bonds is 3. The molecule has 18 heavy (non-hydrogen) atoms. The highest BCUT2D eigenvalue weighted by molar-refractivity contribution is 9.10. The van der Waals surface area contributed by atoms with E-state index in [1.807, 2.05) is 0 Å². The molecule has 0 aliphatic carbocycles. The van der Waals surface area contributed by atoms with E-state index in [1.54, 1.807) is 0 Å². The summed E-state index contributed by atoms with van der Waals surface area (Å²) in [5.74, 6) is -0.0177. The van der Waals surface area contributed by atoms with E-state index in [2.05, 4.69) is 26.6 Å². The lowest BCUT2D eigenvalue weighted by Crippen LogP contribution is -2.38. The first kappa shape index (κ1) is 13.5. The summed E-state index contributed by atoms with van der Waals surface area (Å²) in [5, 5.41) is 6.20. The summed E-state index contributed by atoms with van der Waals surface area (Å²) in [5.41, 5.74) is 0.479. The predicted molar refractivity (Wildman–Crippen MR) is 72.0 cm³/mol. The standard InChI is InChI=1S/C13H16BrFN2O/c14-11-6-10(3-4-12(11)15)13(18)17-8-9-2-1-5-16-7-9/h3-4,6,9,16H,1-2,5,7-8H2,(H,17,18)/t9-/m1/s1. The Hall–Kier alpha value is -0.940. The Morgan fingerprint density at radius 3 is 3.06 bits per heavy atom. The maximum atomic E-state index is 13.1. The highest BCUT2D eigenvalue weighted by Gasteiger charge is 2.15. The summed E-state index contributed by atoms with van der Waals surface area (Å²) in [6.45, 7) is 2.68. The molecule has 1 aromatic rings. The van der Waals surface area contributed by atoms with Gasteiger partial charge in [0.05, 0.1) is 4.47 Å². The number of benzene rings is 1. The van der Waals surface area contributed by atoms with Crippen molar-refractivity contribution in [2.75, 3.05) is 19.6 Å².